The van der Waals surface area contributed by atoms with E-state index in [4.69, 9.17) is 13.9 Å². The van der Waals surface area contributed by atoms with E-state index in [2.05, 4.69) is 37.1 Å². The van der Waals surface area contributed by atoms with Gasteiger partial charge in [-0.25, -0.2) is 4.79 Å². The number of hydrogen-bond donors (Lipinski definition) is 0. The molecule has 0 bridgehead atoms. The second-order valence-corrected chi connectivity index (χ2v) is 9.65. The summed E-state index contributed by atoms with van der Waals surface area (Å²) in [4.78, 5) is 33.0. The highest BCUT2D eigenvalue weighted by Gasteiger charge is 2.40. The highest BCUT2D eigenvalue weighted by atomic mass is 16.7. The first-order valence-electron chi connectivity index (χ1n) is 13.0. The maximum Gasteiger partial charge on any atom is 0.513 e. The fraction of sp³-hybridized carbons (Fsp3) is 0.357. The summed E-state index contributed by atoms with van der Waals surface area (Å²) < 4.78 is 16.7. The van der Waals surface area contributed by atoms with Crippen LogP contribution in [-0.4, -0.2) is 71.2 Å². The molecule has 1 saturated heterocycles. The van der Waals surface area contributed by atoms with Crippen LogP contribution in [0.1, 0.15) is 37.1 Å². The van der Waals surface area contributed by atoms with Crippen LogP contribution in [0.15, 0.2) is 81.9 Å². The van der Waals surface area contributed by atoms with Gasteiger partial charge in [0.15, 0.2) is 0 Å². The molecule has 12 heteroatoms. The smallest absolute Gasteiger partial charge is 0.433 e. The lowest BCUT2D eigenvalue weighted by molar-refractivity contribution is -0.384. The van der Waals surface area contributed by atoms with Crippen molar-refractivity contribution in [3.05, 3.63) is 94.0 Å². The summed E-state index contributed by atoms with van der Waals surface area (Å²) in [5, 5.41) is 19.3. The van der Waals surface area contributed by atoms with Gasteiger partial charge in [-0.1, -0.05) is 30.3 Å². The molecule has 0 radical (unpaired) electrons. The molecule has 0 saturated carbocycles. The van der Waals surface area contributed by atoms with Crippen LogP contribution in [0.5, 0.6) is 0 Å². The Morgan fingerprint density at radius 1 is 1.07 bits per heavy atom. The molecule has 2 unspecified atom stereocenters. The number of carbonyl (C=O) groups is 1. The fourth-order valence-electron chi connectivity index (χ4n) is 5.20. The Hall–Kier alpha value is -4.58. The molecule has 2 aliphatic rings. The molecule has 0 amide bonds. The predicted molar refractivity (Wildman–Crippen MR) is 146 cm³/mol. The number of allylic oxidation sites excluding steroid dienone is 2. The SMILES string of the molecule is CC1=NC(C)=C(OC(=O)OCCN2CCN(c3ccccc3)CC2)C(c2cccc([N+](=O)[O-])c2)C1c1nnco1. The van der Waals surface area contributed by atoms with Crippen LogP contribution in [0.3, 0.4) is 0 Å². The molecule has 208 valence electrons. The van der Waals surface area contributed by atoms with E-state index in [1.807, 2.05) is 18.2 Å². The third-order valence-corrected chi connectivity index (χ3v) is 7.16. The van der Waals surface area contributed by atoms with E-state index in [0.717, 1.165) is 26.2 Å². The molecule has 3 aromatic rings. The normalized spacial score (nSPS) is 19.8. The fourth-order valence-corrected chi connectivity index (χ4v) is 5.20. The molecule has 1 aromatic heterocycles. The molecule has 12 nitrogen and oxygen atoms in total. The number of anilines is 1. The molecule has 2 aromatic carbocycles. The highest BCUT2D eigenvalue weighted by molar-refractivity contribution is 5.91. The number of para-hydroxylation sites is 1. The zero-order valence-electron chi connectivity index (χ0n) is 22.3. The number of piperazine rings is 1. The van der Waals surface area contributed by atoms with Gasteiger partial charge in [0.05, 0.1) is 22.5 Å². The number of hydrogen-bond acceptors (Lipinski definition) is 11. The Bertz CT molecular complexity index is 1400. The van der Waals surface area contributed by atoms with Gasteiger partial charge in [0, 0.05) is 56.3 Å². The van der Waals surface area contributed by atoms with Crippen LogP contribution in [0.4, 0.5) is 16.2 Å². The standard InChI is InChI=1S/C28H30N6O6/c1-19-24(27-31-29-18-39-27)25(21-7-6-10-23(17-21)34(36)37)26(20(2)30-19)40-28(35)38-16-15-32-11-13-33(14-12-32)22-8-4-3-5-9-22/h3-10,17-18,24-25H,11-16H2,1-2H3. The zero-order valence-corrected chi connectivity index (χ0v) is 22.3. The number of aliphatic imine (C=N–C) groups is 1. The van der Waals surface area contributed by atoms with Gasteiger partial charge in [-0.05, 0) is 31.5 Å². The molecule has 0 N–H and O–H groups in total. The summed E-state index contributed by atoms with van der Waals surface area (Å²) in [5.41, 5.74) is 2.76. The predicted octanol–water partition coefficient (Wildman–Crippen LogP) is 4.53. The van der Waals surface area contributed by atoms with Crippen LogP contribution in [0.25, 0.3) is 0 Å². The van der Waals surface area contributed by atoms with Gasteiger partial charge in [-0.2, -0.15) is 0 Å². The van der Waals surface area contributed by atoms with Crippen LogP contribution in [0.2, 0.25) is 0 Å². The summed E-state index contributed by atoms with van der Waals surface area (Å²) in [6.07, 6.45) is 0.332. The van der Waals surface area contributed by atoms with E-state index in [1.165, 1.54) is 24.2 Å². The van der Waals surface area contributed by atoms with Crippen molar-refractivity contribution in [2.24, 2.45) is 4.99 Å². The average Bonchev–Trinajstić information content (AvgIpc) is 3.50. The van der Waals surface area contributed by atoms with Crippen molar-refractivity contribution < 1.29 is 23.6 Å². The van der Waals surface area contributed by atoms with Crippen LogP contribution < -0.4 is 4.90 Å². The minimum atomic E-state index is -0.869. The van der Waals surface area contributed by atoms with Crippen molar-refractivity contribution in [3.63, 3.8) is 0 Å². The lowest BCUT2D eigenvalue weighted by atomic mass is 9.79. The first-order valence-corrected chi connectivity index (χ1v) is 13.0. The van der Waals surface area contributed by atoms with E-state index in [0.29, 0.717) is 23.5 Å². The molecule has 2 atom stereocenters. The second kappa shape index (κ2) is 12.1. The van der Waals surface area contributed by atoms with Crippen molar-refractivity contribution in [2.45, 2.75) is 25.7 Å². The number of ether oxygens (including phenoxy) is 2. The molecule has 0 aliphatic carbocycles. The molecular weight excluding hydrogens is 516 g/mol. The Morgan fingerprint density at radius 2 is 1.85 bits per heavy atom. The van der Waals surface area contributed by atoms with E-state index in [1.54, 1.807) is 26.0 Å². The van der Waals surface area contributed by atoms with E-state index in [-0.39, 0.29) is 23.9 Å². The van der Waals surface area contributed by atoms with Gasteiger partial charge >= 0.3 is 6.16 Å². The Morgan fingerprint density at radius 3 is 2.55 bits per heavy atom. The first kappa shape index (κ1) is 27.0. The van der Waals surface area contributed by atoms with Gasteiger partial charge in [-0.3, -0.25) is 20.0 Å². The van der Waals surface area contributed by atoms with Gasteiger partial charge in [0.2, 0.25) is 12.3 Å². The van der Waals surface area contributed by atoms with Crippen LogP contribution >= 0.6 is 0 Å². The first-order chi connectivity index (χ1) is 19.4. The quantitative estimate of drug-likeness (QED) is 0.225. The number of non-ortho nitro benzene ring substituents is 1. The Labute approximate surface area is 231 Å². The highest BCUT2D eigenvalue weighted by Crippen LogP contribution is 2.44. The largest absolute Gasteiger partial charge is 0.513 e. The lowest BCUT2D eigenvalue weighted by Crippen LogP contribution is -2.47. The monoisotopic (exact) mass is 546 g/mol. The number of nitro benzene ring substituents is 1. The second-order valence-electron chi connectivity index (χ2n) is 9.65. The minimum absolute atomic E-state index is 0.0890. The molecule has 0 spiro atoms. The van der Waals surface area contributed by atoms with Gasteiger partial charge < -0.3 is 18.8 Å². The number of rotatable bonds is 8. The average molecular weight is 547 g/mol. The summed E-state index contributed by atoms with van der Waals surface area (Å²) in [7, 11) is 0. The topological polar surface area (TPSA) is 136 Å². The number of benzene rings is 2. The number of aromatic nitrogens is 2. The third-order valence-electron chi connectivity index (χ3n) is 7.16. The van der Waals surface area contributed by atoms with Crippen molar-refractivity contribution in [2.75, 3.05) is 44.2 Å². The maximum atomic E-state index is 12.8. The summed E-state index contributed by atoms with van der Waals surface area (Å²) >= 11 is 0. The molecule has 2 aliphatic heterocycles. The Balaban J connectivity index is 1.25. The van der Waals surface area contributed by atoms with Crippen molar-refractivity contribution in [1.29, 1.82) is 0 Å². The summed E-state index contributed by atoms with van der Waals surface area (Å²) in [5.74, 6) is -0.779. The van der Waals surface area contributed by atoms with Crippen LogP contribution in [0, 0.1) is 10.1 Å². The van der Waals surface area contributed by atoms with Gasteiger partial charge in [-0.15, -0.1) is 10.2 Å². The molecule has 40 heavy (non-hydrogen) atoms. The van der Waals surface area contributed by atoms with E-state index >= 15 is 0 Å². The lowest BCUT2D eigenvalue weighted by Gasteiger charge is -2.36. The van der Waals surface area contributed by atoms with Crippen molar-refractivity contribution >= 4 is 23.2 Å². The number of carbonyl (C=O) groups excluding carboxylic acids is 1. The Kier molecular flexibility index (Phi) is 8.15. The van der Waals surface area contributed by atoms with Gasteiger partial charge in [0.25, 0.3) is 5.69 Å². The zero-order chi connectivity index (χ0) is 28.1. The number of nitro groups is 1. The third kappa shape index (κ3) is 6.01. The molecule has 3 heterocycles. The maximum absolute atomic E-state index is 12.8. The molecule has 1 fully saturated rings. The van der Waals surface area contributed by atoms with Crippen molar-refractivity contribution in [3.8, 4) is 0 Å². The molecular formula is C28H30N6O6. The minimum Gasteiger partial charge on any atom is -0.433 e. The molecule has 5 rings (SSSR count). The van der Waals surface area contributed by atoms with E-state index in [9.17, 15) is 14.9 Å². The summed E-state index contributed by atoms with van der Waals surface area (Å²) in [6, 6.07) is 16.4. The van der Waals surface area contributed by atoms with E-state index < -0.39 is 22.9 Å². The van der Waals surface area contributed by atoms with Crippen molar-refractivity contribution in [1.82, 2.24) is 15.1 Å². The number of nitrogens with zero attached hydrogens (tertiary/aromatic N) is 6. The van der Waals surface area contributed by atoms with Gasteiger partial charge in [0.1, 0.15) is 12.4 Å². The van der Waals surface area contributed by atoms with Crippen LogP contribution in [-0.2, 0) is 9.47 Å². The summed E-state index contributed by atoms with van der Waals surface area (Å²) in [6.45, 7) is 7.74.